The second-order valence-corrected chi connectivity index (χ2v) is 6.20. The molecule has 0 spiro atoms. The molecule has 2 rings (SSSR count). The first kappa shape index (κ1) is 12.6. The number of rotatable bonds is 3. The van der Waals surface area contributed by atoms with Crippen LogP contribution in [0.25, 0.3) is 0 Å². The lowest BCUT2D eigenvalue weighted by molar-refractivity contribution is 0.0368. The molecule has 0 aliphatic carbocycles. The maximum atomic E-state index is 5.77. The lowest BCUT2D eigenvalue weighted by atomic mass is 10.1. The second kappa shape index (κ2) is 4.82. The van der Waals surface area contributed by atoms with Crippen molar-refractivity contribution >= 4 is 17.6 Å². The Hall–Kier alpha value is -0.810. The van der Waals surface area contributed by atoms with Gasteiger partial charge in [-0.05, 0) is 26.7 Å². The highest BCUT2D eigenvalue weighted by Crippen LogP contribution is 2.34. The fourth-order valence-electron chi connectivity index (χ4n) is 1.94. The molecule has 1 aromatic heterocycles. The van der Waals surface area contributed by atoms with Crippen LogP contribution in [0.1, 0.15) is 32.9 Å². The van der Waals surface area contributed by atoms with Gasteiger partial charge >= 0.3 is 0 Å². The van der Waals surface area contributed by atoms with Crippen molar-refractivity contribution in [1.29, 1.82) is 0 Å². The van der Waals surface area contributed by atoms with Crippen molar-refractivity contribution < 1.29 is 4.74 Å². The Bertz CT molecular complexity index is 409. The first-order valence-electron chi connectivity index (χ1n) is 5.92. The van der Waals surface area contributed by atoms with Crippen LogP contribution in [0.3, 0.4) is 0 Å². The Morgan fingerprint density at radius 3 is 2.88 bits per heavy atom. The quantitative estimate of drug-likeness (QED) is 0.837. The van der Waals surface area contributed by atoms with E-state index in [1.165, 1.54) is 0 Å². The maximum absolute atomic E-state index is 5.77. The van der Waals surface area contributed by atoms with Crippen LogP contribution in [0.5, 0.6) is 0 Å². The molecule has 4 nitrogen and oxygen atoms in total. The smallest absolute Gasteiger partial charge is 0.190 e. The summed E-state index contributed by atoms with van der Waals surface area (Å²) in [7, 11) is 0. The number of nitrogens with two attached hydrogens (primary N) is 1. The molecule has 0 bridgehead atoms. The number of hydrogen-bond donors (Lipinski definition) is 1. The Morgan fingerprint density at radius 1 is 1.53 bits per heavy atom. The summed E-state index contributed by atoms with van der Waals surface area (Å²) in [6.07, 6.45) is 1.91. The number of hydrogen-bond acceptors (Lipinski definition) is 5. The first-order valence-corrected chi connectivity index (χ1v) is 6.80. The summed E-state index contributed by atoms with van der Waals surface area (Å²) in [6.45, 7) is 7.06. The normalized spacial score (nSPS) is 22.9. The van der Waals surface area contributed by atoms with Crippen molar-refractivity contribution in [3.05, 3.63) is 11.8 Å². The highest BCUT2D eigenvalue weighted by Gasteiger charge is 2.33. The SMILES string of the molecule is CCc1cc(N)nc(SC2COC(C)(C)C2)n1. The van der Waals surface area contributed by atoms with Gasteiger partial charge in [-0.2, -0.15) is 0 Å². The average Bonchev–Trinajstić information content (AvgIpc) is 2.57. The minimum atomic E-state index is -0.0222. The predicted octanol–water partition coefficient (Wildman–Crippen LogP) is 2.28. The number of nitrogen functional groups attached to an aromatic ring is 1. The zero-order chi connectivity index (χ0) is 12.5. The van der Waals surface area contributed by atoms with Gasteiger partial charge in [0, 0.05) is 17.0 Å². The summed E-state index contributed by atoms with van der Waals surface area (Å²) in [5.74, 6) is 0.553. The minimum Gasteiger partial charge on any atom is -0.384 e. The number of anilines is 1. The number of aromatic nitrogens is 2. The standard InChI is InChI=1S/C12H19N3OS/c1-4-8-5-10(13)15-11(14-8)17-9-6-12(2,3)16-7-9/h5,9H,4,6-7H2,1-3H3,(H2,13,14,15). The molecular formula is C12H19N3OS. The lowest BCUT2D eigenvalue weighted by Gasteiger charge is -2.15. The van der Waals surface area contributed by atoms with E-state index in [9.17, 15) is 0 Å². The molecule has 0 amide bonds. The molecule has 1 aliphatic rings. The summed E-state index contributed by atoms with van der Waals surface area (Å²) < 4.78 is 5.70. The van der Waals surface area contributed by atoms with Crippen LogP contribution in [0, 0.1) is 0 Å². The van der Waals surface area contributed by atoms with E-state index >= 15 is 0 Å². The molecule has 17 heavy (non-hydrogen) atoms. The van der Waals surface area contributed by atoms with Crippen LogP contribution in [-0.2, 0) is 11.2 Å². The third kappa shape index (κ3) is 3.33. The van der Waals surface area contributed by atoms with Gasteiger partial charge in [-0.1, -0.05) is 18.7 Å². The molecule has 0 radical (unpaired) electrons. The van der Waals surface area contributed by atoms with E-state index in [0.717, 1.165) is 30.3 Å². The van der Waals surface area contributed by atoms with Crippen molar-refractivity contribution in [1.82, 2.24) is 9.97 Å². The Kier molecular flexibility index (Phi) is 3.58. The van der Waals surface area contributed by atoms with Gasteiger partial charge in [0.05, 0.1) is 12.2 Å². The monoisotopic (exact) mass is 253 g/mol. The van der Waals surface area contributed by atoms with Crippen LogP contribution in [0.2, 0.25) is 0 Å². The highest BCUT2D eigenvalue weighted by atomic mass is 32.2. The number of ether oxygens (including phenoxy) is 1. The number of aryl methyl sites for hydroxylation is 1. The molecule has 0 aromatic carbocycles. The van der Waals surface area contributed by atoms with Gasteiger partial charge in [-0.15, -0.1) is 0 Å². The molecule has 5 heteroatoms. The van der Waals surface area contributed by atoms with Crippen molar-refractivity contribution in [2.45, 2.75) is 49.6 Å². The van der Waals surface area contributed by atoms with Gasteiger partial charge in [0.2, 0.25) is 0 Å². The Balaban J connectivity index is 2.06. The molecule has 1 atom stereocenters. The van der Waals surface area contributed by atoms with E-state index in [1.54, 1.807) is 11.8 Å². The second-order valence-electron chi connectivity index (χ2n) is 4.93. The van der Waals surface area contributed by atoms with Crippen LogP contribution < -0.4 is 5.73 Å². The molecule has 2 heterocycles. The van der Waals surface area contributed by atoms with Crippen molar-refractivity contribution in [3.8, 4) is 0 Å². The molecular weight excluding hydrogens is 234 g/mol. The van der Waals surface area contributed by atoms with Gasteiger partial charge in [-0.3, -0.25) is 0 Å². The third-order valence-corrected chi connectivity index (χ3v) is 3.82. The summed E-state index contributed by atoms with van der Waals surface area (Å²) in [5.41, 5.74) is 6.74. The van der Waals surface area contributed by atoms with Crippen molar-refractivity contribution in [2.75, 3.05) is 12.3 Å². The van der Waals surface area contributed by atoms with Gasteiger partial charge in [0.1, 0.15) is 5.82 Å². The lowest BCUT2D eigenvalue weighted by Crippen LogP contribution is -2.17. The molecule has 2 N–H and O–H groups in total. The molecule has 94 valence electrons. The topological polar surface area (TPSA) is 61.0 Å². The van der Waals surface area contributed by atoms with Crippen LogP contribution >= 0.6 is 11.8 Å². The van der Waals surface area contributed by atoms with E-state index < -0.39 is 0 Å². The first-order chi connectivity index (χ1) is 7.98. The van der Waals surface area contributed by atoms with Crippen LogP contribution in [0.15, 0.2) is 11.2 Å². The minimum absolute atomic E-state index is 0.0222. The number of nitrogens with zero attached hydrogens (tertiary/aromatic N) is 2. The number of thioether (sulfide) groups is 1. The molecule has 1 unspecified atom stereocenters. The maximum Gasteiger partial charge on any atom is 0.190 e. The average molecular weight is 253 g/mol. The molecule has 0 saturated carbocycles. The third-order valence-electron chi connectivity index (χ3n) is 2.79. The van der Waals surface area contributed by atoms with E-state index in [0.29, 0.717) is 11.1 Å². The van der Waals surface area contributed by atoms with E-state index in [-0.39, 0.29) is 5.60 Å². The van der Waals surface area contributed by atoms with Gasteiger partial charge in [-0.25, -0.2) is 9.97 Å². The molecule has 1 fully saturated rings. The van der Waals surface area contributed by atoms with Crippen molar-refractivity contribution in [2.24, 2.45) is 0 Å². The zero-order valence-electron chi connectivity index (χ0n) is 10.6. The van der Waals surface area contributed by atoms with Crippen LogP contribution in [0.4, 0.5) is 5.82 Å². The summed E-state index contributed by atoms with van der Waals surface area (Å²) in [6, 6.07) is 1.83. The molecule has 1 saturated heterocycles. The zero-order valence-corrected chi connectivity index (χ0v) is 11.4. The van der Waals surface area contributed by atoms with Gasteiger partial charge in [0.25, 0.3) is 0 Å². The Morgan fingerprint density at radius 2 is 2.29 bits per heavy atom. The van der Waals surface area contributed by atoms with E-state index in [4.69, 9.17) is 10.5 Å². The predicted molar refractivity (Wildman–Crippen MR) is 70.1 cm³/mol. The summed E-state index contributed by atoms with van der Waals surface area (Å²) in [5, 5.41) is 1.20. The van der Waals surface area contributed by atoms with Gasteiger partial charge in [0.15, 0.2) is 5.16 Å². The fourth-order valence-corrected chi connectivity index (χ4v) is 3.18. The fraction of sp³-hybridized carbons (Fsp3) is 0.667. The van der Waals surface area contributed by atoms with Gasteiger partial charge < -0.3 is 10.5 Å². The van der Waals surface area contributed by atoms with E-state index in [2.05, 4.69) is 30.7 Å². The molecule has 1 aromatic rings. The highest BCUT2D eigenvalue weighted by molar-refractivity contribution is 7.99. The van der Waals surface area contributed by atoms with Crippen molar-refractivity contribution in [3.63, 3.8) is 0 Å². The molecule has 1 aliphatic heterocycles. The summed E-state index contributed by atoms with van der Waals surface area (Å²) >= 11 is 1.67. The van der Waals surface area contributed by atoms with Crippen LogP contribution in [-0.4, -0.2) is 27.4 Å². The summed E-state index contributed by atoms with van der Waals surface area (Å²) in [4.78, 5) is 8.75. The Labute approximate surface area is 106 Å². The van der Waals surface area contributed by atoms with E-state index in [1.807, 2.05) is 6.07 Å². The largest absolute Gasteiger partial charge is 0.384 e.